The van der Waals surface area contributed by atoms with Gasteiger partial charge in [-0.2, -0.15) is 4.31 Å². The SMILES string of the molecule is CC(C)N1CCN(S(=O)(=O)c2cc(CO)n(C)c2)CC1. The van der Waals surface area contributed by atoms with Crippen LogP contribution < -0.4 is 0 Å². The fourth-order valence-electron chi connectivity index (χ4n) is 2.48. The van der Waals surface area contributed by atoms with Crippen LogP contribution in [0.3, 0.4) is 0 Å². The van der Waals surface area contributed by atoms with Crippen molar-refractivity contribution in [1.82, 2.24) is 13.8 Å². The molecule has 6 nitrogen and oxygen atoms in total. The Kier molecular flexibility index (Phi) is 4.53. The van der Waals surface area contributed by atoms with Crippen molar-refractivity contribution in [1.29, 1.82) is 0 Å². The van der Waals surface area contributed by atoms with Crippen molar-refractivity contribution in [2.45, 2.75) is 31.4 Å². The molecule has 0 spiro atoms. The van der Waals surface area contributed by atoms with Gasteiger partial charge in [0.2, 0.25) is 10.0 Å². The molecule has 0 aromatic carbocycles. The summed E-state index contributed by atoms with van der Waals surface area (Å²) >= 11 is 0. The molecule has 0 amide bonds. The fraction of sp³-hybridized carbons (Fsp3) is 0.692. The van der Waals surface area contributed by atoms with Gasteiger partial charge in [0.1, 0.15) is 4.90 Å². The fourth-order valence-corrected chi connectivity index (χ4v) is 4.00. The second kappa shape index (κ2) is 5.85. The summed E-state index contributed by atoms with van der Waals surface area (Å²) in [6, 6.07) is 1.99. The van der Waals surface area contributed by atoms with E-state index in [1.54, 1.807) is 23.9 Å². The van der Waals surface area contributed by atoms with Gasteiger partial charge < -0.3 is 9.67 Å². The molecule has 1 aliphatic rings. The molecule has 0 radical (unpaired) electrons. The second-order valence-corrected chi connectivity index (χ2v) is 7.41. The van der Waals surface area contributed by atoms with Gasteiger partial charge in [0.15, 0.2) is 0 Å². The van der Waals surface area contributed by atoms with Crippen molar-refractivity contribution in [3.8, 4) is 0 Å². The van der Waals surface area contributed by atoms with Crippen molar-refractivity contribution < 1.29 is 13.5 Å². The van der Waals surface area contributed by atoms with E-state index in [1.165, 1.54) is 4.31 Å². The molecule has 0 aliphatic carbocycles. The van der Waals surface area contributed by atoms with Crippen LogP contribution in [-0.4, -0.2) is 59.5 Å². The Morgan fingerprint density at radius 1 is 1.25 bits per heavy atom. The highest BCUT2D eigenvalue weighted by molar-refractivity contribution is 7.89. The van der Waals surface area contributed by atoms with Crippen molar-refractivity contribution in [3.63, 3.8) is 0 Å². The number of aliphatic hydroxyl groups is 1. The Morgan fingerprint density at radius 2 is 1.85 bits per heavy atom. The van der Waals surface area contributed by atoms with Gasteiger partial charge in [-0.1, -0.05) is 0 Å². The Labute approximate surface area is 120 Å². The lowest BCUT2D eigenvalue weighted by atomic mass is 10.3. The summed E-state index contributed by atoms with van der Waals surface area (Å²) in [5.74, 6) is 0. The van der Waals surface area contributed by atoms with E-state index >= 15 is 0 Å². The summed E-state index contributed by atoms with van der Waals surface area (Å²) in [5, 5.41) is 9.17. The Morgan fingerprint density at radius 3 is 2.30 bits per heavy atom. The molecule has 1 saturated heterocycles. The number of hydrogen-bond donors (Lipinski definition) is 1. The lowest BCUT2D eigenvalue weighted by Crippen LogP contribution is -2.50. The van der Waals surface area contributed by atoms with Crippen molar-refractivity contribution >= 4 is 10.0 Å². The minimum absolute atomic E-state index is 0.160. The van der Waals surface area contributed by atoms with Gasteiger partial charge in [0, 0.05) is 51.2 Å². The summed E-state index contributed by atoms with van der Waals surface area (Å²) in [7, 11) is -1.71. The highest BCUT2D eigenvalue weighted by Gasteiger charge is 2.30. The molecule has 1 aromatic rings. The first kappa shape index (κ1) is 15.5. The molecule has 114 valence electrons. The number of aromatic nitrogens is 1. The van der Waals surface area contributed by atoms with E-state index in [-0.39, 0.29) is 11.5 Å². The number of piperazine rings is 1. The average Bonchev–Trinajstić information content (AvgIpc) is 2.80. The first-order valence-electron chi connectivity index (χ1n) is 6.86. The Bertz CT molecular complexity index is 557. The lowest BCUT2D eigenvalue weighted by Gasteiger charge is -2.36. The number of sulfonamides is 1. The number of aliphatic hydroxyl groups excluding tert-OH is 1. The molecular weight excluding hydrogens is 278 g/mol. The van der Waals surface area contributed by atoms with Crippen LogP contribution >= 0.6 is 0 Å². The Hall–Kier alpha value is -0.890. The summed E-state index contributed by atoms with van der Waals surface area (Å²) in [5.41, 5.74) is 0.601. The van der Waals surface area contributed by atoms with E-state index < -0.39 is 10.0 Å². The predicted octanol–water partition coefficient (Wildman–Crippen LogP) is 0.232. The molecule has 0 bridgehead atoms. The van der Waals surface area contributed by atoms with Crippen LogP contribution in [0.5, 0.6) is 0 Å². The molecule has 0 saturated carbocycles. The summed E-state index contributed by atoms with van der Waals surface area (Å²) in [6.07, 6.45) is 1.57. The zero-order chi connectivity index (χ0) is 14.9. The van der Waals surface area contributed by atoms with Gasteiger partial charge in [0.05, 0.1) is 6.61 Å². The van der Waals surface area contributed by atoms with Crippen molar-refractivity contribution in [2.75, 3.05) is 26.2 Å². The van der Waals surface area contributed by atoms with Gasteiger partial charge in [-0.3, -0.25) is 4.90 Å². The minimum Gasteiger partial charge on any atom is -0.390 e. The van der Waals surface area contributed by atoms with E-state index in [0.29, 0.717) is 24.8 Å². The summed E-state index contributed by atoms with van der Waals surface area (Å²) < 4.78 is 28.3. The second-order valence-electron chi connectivity index (χ2n) is 5.47. The van der Waals surface area contributed by atoms with Crippen LogP contribution in [0.4, 0.5) is 0 Å². The molecular formula is C13H23N3O3S. The summed E-state index contributed by atoms with van der Waals surface area (Å²) in [6.45, 7) is 6.64. The van der Waals surface area contributed by atoms with Gasteiger partial charge in [-0.05, 0) is 19.9 Å². The van der Waals surface area contributed by atoms with Crippen LogP contribution in [0, 0.1) is 0 Å². The van der Waals surface area contributed by atoms with Crippen molar-refractivity contribution in [2.24, 2.45) is 7.05 Å². The normalized spacial score (nSPS) is 18.9. The molecule has 1 aromatic heterocycles. The molecule has 1 fully saturated rings. The third-order valence-electron chi connectivity index (χ3n) is 3.89. The molecule has 1 N–H and O–H groups in total. The van der Waals surface area contributed by atoms with Crippen LogP contribution in [0.1, 0.15) is 19.5 Å². The number of nitrogens with zero attached hydrogens (tertiary/aromatic N) is 3. The number of aryl methyl sites for hydroxylation is 1. The maximum Gasteiger partial charge on any atom is 0.244 e. The van der Waals surface area contributed by atoms with Crippen LogP contribution in [0.15, 0.2) is 17.2 Å². The minimum atomic E-state index is -3.45. The van der Waals surface area contributed by atoms with Gasteiger partial charge in [-0.15, -0.1) is 0 Å². The first-order chi connectivity index (χ1) is 9.36. The van der Waals surface area contributed by atoms with Crippen LogP contribution in [-0.2, 0) is 23.7 Å². The lowest BCUT2D eigenvalue weighted by molar-refractivity contribution is 0.154. The molecule has 20 heavy (non-hydrogen) atoms. The zero-order valence-electron chi connectivity index (χ0n) is 12.3. The standard InChI is InChI=1S/C13H23N3O3S/c1-11(2)15-4-6-16(7-5-15)20(18,19)13-8-12(10-17)14(3)9-13/h8-9,11,17H,4-7,10H2,1-3H3. The smallest absolute Gasteiger partial charge is 0.244 e. The average molecular weight is 301 g/mol. The highest BCUT2D eigenvalue weighted by atomic mass is 32.2. The maximum absolute atomic E-state index is 12.6. The Balaban J connectivity index is 2.15. The van der Waals surface area contributed by atoms with E-state index in [4.69, 9.17) is 5.11 Å². The molecule has 0 unspecified atom stereocenters. The molecule has 0 atom stereocenters. The quantitative estimate of drug-likeness (QED) is 0.865. The van der Waals surface area contributed by atoms with Gasteiger partial charge in [-0.25, -0.2) is 8.42 Å². The van der Waals surface area contributed by atoms with E-state index in [9.17, 15) is 8.42 Å². The largest absolute Gasteiger partial charge is 0.390 e. The molecule has 7 heteroatoms. The summed E-state index contributed by atoms with van der Waals surface area (Å²) in [4.78, 5) is 2.54. The predicted molar refractivity (Wildman–Crippen MR) is 76.8 cm³/mol. The highest BCUT2D eigenvalue weighted by Crippen LogP contribution is 2.20. The monoisotopic (exact) mass is 301 g/mol. The van der Waals surface area contributed by atoms with Crippen molar-refractivity contribution in [3.05, 3.63) is 18.0 Å². The number of rotatable bonds is 4. The van der Waals surface area contributed by atoms with Crippen LogP contribution in [0.2, 0.25) is 0 Å². The zero-order valence-corrected chi connectivity index (χ0v) is 13.1. The number of hydrogen-bond acceptors (Lipinski definition) is 4. The van der Waals surface area contributed by atoms with Gasteiger partial charge in [0.25, 0.3) is 0 Å². The third-order valence-corrected chi connectivity index (χ3v) is 5.75. The first-order valence-corrected chi connectivity index (χ1v) is 8.30. The maximum atomic E-state index is 12.6. The van der Waals surface area contributed by atoms with E-state index in [0.717, 1.165) is 13.1 Å². The van der Waals surface area contributed by atoms with E-state index in [1.807, 2.05) is 0 Å². The van der Waals surface area contributed by atoms with E-state index in [2.05, 4.69) is 18.7 Å². The molecule has 2 heterocycles. The molecule has 2 rings (SSSR count). The molecule has 1 aliphatic heterocycles. The topological polar surface area (TPSA) is 65.8 Å². The van der Waals surface area contributed by atoms with Gasteiger partial charge >= 0.3 is 0 Å². The van der Waals surface area contributed by atoms with Crippen LogP contribution in [0.25, 0.3) is 0 Å². The third kappa shape index (κ3) is 2.90.